The third kappa shape index (κ3) is 2.29. The molecule has 0 saturated carbocycles. The van der Waals surface area contributed by atoms with Crippen LogP contribution in [0, 0.1) is 34.5 Å². The molecule has 1 fully saturated rings. The molecule has 1 aromatic rings. The number of aliphatic imine (C=N–C) groups is 1. The molecule has 0 spiro atoms. The minimum absolute atomic E-state index is 0.174. The Kier molecular flexibility index (Phi) is 3.50. The van der Waals surface area contributed by atoms with Gasteiger partial charge in [-0.1, -0.05) is 0 Å². The highest BCUT2D eigenvalue weighted by atomic mass is 19.2. The second kappa shape index (κ2) is 4.94. The van der Waals surface area contributed by atoms with Gasteiger partial charge in [-0.05, 0) is 6.42 Å². The highest BCUT2D eigenvalue weighted by Crippen LogP contribution is 2.29. The molecule has 1 N–H and O–H groups in total. The summed E-state index contributed by atoms with van der Waals surface area (Å²) in [5, 5.41) is 7.44. The number of nitrogens with one attached hydrogen (secondary N) is 1. The van der Waals surface area contributed by atoms with Crippen LogP contribution in [-0.2, 0) is 0 Å². The second-order valence-corrected chi connectivity index (χ2v) is 3.91. The highest BCUT2D eigenvalue weighted by Gasteiger charge is 2.25. The van der Waals surface area contributed by atoms with Crippen LogP contribution in [-0.4, -0.2) is 23.6 Å². The average molecular weight is 277 g/mol. The maximum Gasteiger partial charge on any atom is 0.200 e. The fraction of sp³-hybridized carbons (Fsp3) is 0.273. The van der Waals surface area contributed by atoms with Crippen LogP contribution in [0.4, 0.5) is 27.6 Å². The lowest BCUT2D eigenvalue weighted by Crippen LogP contribution is -2.21. The zero-order chi connectivity index (χ0) is 14.2. The van der Waals surface area contributed by atoms with E-state index in [1.807, 2.05) is 0 Å². The average Bonchev–Trinajstić information content (AvgIpc) is 2.80. The Bertz CT molecular complexity index is 541. The van der Waals surface area contributed by atoms with Gasteiger partial charge in [-0.2, -0.15) is 0 Å². The van der Waals surface area contributed by atoms with Gasteiger partial charge >= 0.3 is 0 Å². The van der Waals surface area contributed by atoms with E-state index in [9.17, 15) is 22.0 Å². The van der Waals surface area contributed by atoms with Crippen LogP contribution >= 0.6 is 0 Å². The third-order valence-corrected chi connectivity index (χ3v) is 2.67. The molecule has 8 heteroatoms. The number of amidine groups is 1. The van der Waals surface area contributed by atoms with Crippen molar-refractivity contribution in [2.45, 2.75) is 12.8 Å². The van der Waals surface area contributed by atoms with Crippen molar-refractivity contribution in [3.05, 3.63) is 29.1 Å². The first-order chi connectivity index (χ1) is 8.93. The molecule has 0 radical (unpaired) electrons. The minimum Gasteiger partial charge on any atom is -0.321 e. The molecule has 102 valence electrons. The van der Waals surface area contributed by atoms with Crippen molar-refractivity contribution in [2.24, 2.45) is 4.99 Å². The quantitative estimate of drug-likeness (QED) is 0.291. The molecule has 1 saturated heterocycles. The summed E-state index contributed by atoms with van der Waals surface area (Å²) in [4.78, 5) is 4.54. The molecule has 0 bridgehead atoms. The van der Waals surface area contributed by atoms with Crippen molar-refractivity contribution in [1.29, 1.82) is 5.41 Å². The molecular weight excluding hydrogens is 269 g/mol. The summed E-state index contributed by atoms with van der Waals surface area (Å²) >= 11 is 0. The Labute approximate surface area is 104 Å². The molecule has 1 aliphatic heterocycles. The number of hydrogen-bond acceptors (Lipinski definition) is 2. The first kappa shape index (κ1) is 13.4. The lowest BCUT2D eigenvalue weighted by atomic mass is 10.2. The summed E-state index contributed by atoms with van der Waals surface area (Å²) in [7, 11) is 0. The Morgan fingerprint density at radius 3 is 1.95 bits per heavy atom. The molecule has 1 aromatic carbocycles. The van der Waals surface area contributed by atoms with Gasteiger partial charge in [0.15, 0.2) is 23.3 Å². The standard InChI is InChI=1S/C11H8F5N3/c12-6-7(13)9(15)11(10(16)8(6)14)18-4-19-3-1-2-5(19)17/h4,17H,1-3H2. The zero-order valence-corrected chi connectivity index (χ0v) is 9.48. The van der Waals surface area contributed by atoms with Crippen LogP contribution < -0.4 is 0 Å². The number of halogens is 5. The molecule has 19 heavy (non-hydrogen) atoms. The van der Waals surface area contributed by atoms with E-state index in [4.69, 9.17) is 5.41 Å². The number of nitrogens with zero attached hydrogens (tertiary/aromatic N) is 2. The van der Waals surface area contributed by atoms with Crippen LogP contribution in [0.25, 0.3) is 0 Å². The van der Waals surface area contributed by atoms with E-state index in [1.165, 1.54) is 4.90 Å². The number of benzene rings is 1. The van der Waals surface area contributed by atoms with E-state index in [-0.39, 0.29) is 5.84 Å². The summed E-state index contributed by atoms with van der Waals surface area (Å²) in [5.41, 5.74) is -1.25. The molecule has 0 atom stereocenters. The van der Waals surface area contributed by atoms with E-state index in [1.54, 1.807) is 0 Å². The van der Waals surface area contributed by atoms with E-state index in [0.29, 0.717) is 19.4 Å². The maximum absolute atomic E-state index is 13.3. The lowest BCUT2D eigenvalue weighted by Gasteiger charge is -2.10. The summed E-state index contributed by atoms with van der Waals surface area (Å²) in [5.74, 6) is -10.1. The fourth-order valence-electron chi connectivity index (χ4n) is 1.66. The lowest BCUT2D eigenvalue weighted by molar-refractivity contribution is 0.381. The van der Waals surface area contributed by atoms with Gasteiger partial charge in [-0.3, -0.25) is 5.41 Å². The van der Waals surface area contributed by atoms with Gasteiger partial charge in [0.05, 0.1) is 6.34 Å². The monoisotopic (exact) mass is 277 g/mol. The molecule has 2 rings (SSSR count). The van der Waals surface area contributed by atoms with Crippen LogP contribution in [0.5, 0.6) is 0 Å². The molecule has 0 aromatic heterocycles. The molecule has 1 aliphatic rings. The van der Waals surface area contributed by atoms with Gasteiger partial charge in [0.2, 0.25) is 5.82 Å². The van der Waals surface area contributed by atoms with Gasteiger partial charge in [0, 0.05) is 13.0 Å². The first-order valence-corrected chi connectivity index (χ1v) is 5.33. The molecule has 0 aliphatic carbocycles. The molecule has 3 nitrogen and oxygen atoms in total. The van der Waals surface area contributed by atoms with Crippen LogP contribution in [0.1, 0.15) is 12.8 Å². The predicted octanol–water partition coefficient (Wildman–Crippen LogP) is 3.11. The van der Waals surface area contributed by atoms with E-state index in [0.717, 1.165) is 6.34 Å². The van der Waals surface area contributed by atoms with E-state index >= 15 is 0 Å². The smallest absolute Gasteiger partial charge is 0.200 e. The van der Waals surface area contributed by atoms with E-state index in [2.05, 4.69) is 4.99 Å². The molecule has 1 heterocycles. The SMILES string of the molecule is N=C1CCCN1C=Nc1c(F)c(F)c(F)c(F)c1F. The van der Waals surface area contributed by atoms with Crippen molar-refractivity contribution in [1.82, 2.24) is 4.90 Å². The Morgan fingerprint density at radius 2 is 1.47 bits per heavy atom. The van der Waals surface area contributed by atoms with Crippen molar-refractivity contribution >= 4 is 17.9 Å². The second-order valence-electron chi connectivity index (χ2n) is 3.91. The van der Waals surface area contributed by atoms with Crippen molar-refractivity contribution < 1.29 is 22.0 Å². The first-order valence-electron chi connectivity index (χ1n) is 5.33. The summed E-state index contributed by atoms with van der Waals surface area (Å²) in [6, 6.07) is 0. The van der Waals surface area contributed by atoms with E-state index < -0.39 is 34.8 Å². The molecular formula is C11H8F5N3. The topological polar surface area (TPSA) is 39.5 Å². The largest absolute Gasteiger partial charge is 0.321 e. The predicted molar refractivity (Wildman–Crippen MR) is 58.1 cm³/mol. The van der Waals surface area contributed by atoms with Crippen molar-refractivity contribution in [3.63, 3.8) is 0 Å². The number of likely N-dealkylation sites (tertiary alicyclic amines) is 1. The van der Waals surface area contributed by atoms with Crippen LogP contribution in [0.2, 0.25) is 0 Å². The summed E-state index contributed by atoms with van der Waals surface area (Å²) < 4.78 is 65.1. The van der Waals surface area contributed by atoms with Crippen LogP contribution in [0.3, 0.4) is 0 Å². The molecule has 0 unspecified atom stereocenters. The Morgan fingerprint density at radius 1 is 0.947 bits per heavy atom. The molecule has 0 amide bonds. The Balaban J connectivity index is 2.40. The third-order valence-electron chi connectivity index (χ3n) is 2.67. The Hall–Kier alpha value is -1.99. The normalized spacial score (nSPS) is 15.8. The minimum atomic E-state index is -2.22. The van der Waals surface area contributed by atoms with Crippen LogP contribution in [0.15, 0.2) is 4.99 Å². The van der Waals surface area contributed by atoms with Gasteiger partial charge in [0.1, 0.15) is 11.5 Å². The fourth-order valence-corrected chi connectivity index (χ4v) is 1.66. The van der Waals surface area contributed by atoms with Gasteiger partial charge in [-0.25, -0.2) is 26.9 Å². The maximum atomic E-state index is 13.3. The zero-order valence-electron chi connectivity index (χ0n) is 9.48. The van der Waals surface area contributed by atoms with Crippen molar-refractivity contribution in [2.75, 3.05) is 6.54 Å². The summed E-state index contributed by atoms with van der Waals surface area (Å²) in [6.07, 6.45) is 2.04. The number of rotatable bonds is 2. The van der Waals surface area contributed by atoms with Gasteiger partial charge in [0.25, 0.3) is 0 Å². The number of hydrogen-bond donors (Lipinski definition) is 1. The van der Waals surface area contributed by atoms with Gasteiger partial charge < -0.3 is 4.90 Å². The summed E-state index contributed by atoms with van der Waals surface area (Å²) in [6.45, 7) is 0.414. The van der Waals surface area contributed by atoms with Gasteiger partial charge in [-0.15, -0.1) is 0 Å². The highest BCUT2D eigenvalue weighted by molar-refractivity contribution is 5.91. The van der Waals surface area contributed by atoms with Crippen molar-refractivity contribution in [3.8, 4) is 0 Å².